The Morgan fingerprint density at radius 1 is 0.645 bits per heavy atom. The lowest BCUT2D eigenvalue weighted by Crippen LogP contribution is -2.62. The Morgan fingerprint density at radius 2 is 1.11 bits per heavy atom. The molecule has 0 fully saturated rings. The zero-order chi connectivity index (χ0) is 46.7. The normalized spacial score (nSPS) is 15.5. The van der Waals surface area contributed by atoms with Crippen LogP contribution in [0.2, 0.25) is 0 Å². The van der Waals surface area contributed by atoms with Crippen LogP contribution in [0.1, 0.15) is 64.8 Å². The maximum atomic E-state index is 14.0. The van der Waals surface area contributed by atoms with E-state index in [4.69, 9.17) is 22.9 Å². The second-order valence-electron chi connectivity index (χ2n) is 14.8. The number of primary amides is 1. The minimum atomic E-state index is -1.73. The number of carboxylic acids is 1. The predicted molar refractivity (Wildman–Crippen MR) is 218 cm³/mol. The molecule has 62 heavy (non-hydrogen) atoms. The van der Waals surface area contributed by atoms with Gasteiger partial charge in [-0.2, -0.15) is 0 Å². The van der Waals surface area contributed by atoms with Crippen molar-refractivity contribution >= 4 is 53.3 Å². The van der Waals surface area contributed by atoms with Crippen molar-refractivity contribution in [2.75, 3.05) is 6.54 Å². The van der Waals surface area contributed by atoms with Gasteiger partial charge < -0.3 is 80.1 Å². The number of aliphatic hydroxyl groups is 2. The summed E-state index contributed by atoms with van der Waals surface area (Å²) in [5.74, 6) is -8.89. The number of amides is 7. The summed E-state index contributed by atoms with van der Waals surface area (Å²) in [7, 11) is 0. The molecule has 344 valence electrons. The number of H-pyrrole nitrogens is 2. The standard InChI is InChI=1S/C36H59N15O11/c1-16(2)26(33(59)46-22(6-5-9-43-36(39)40)31(57)51-28(18(4)53)35(61)62)49-32(58)24(11-20-13-42-15-45-20)48-30(56)23(7-8-25(38)54)47-34(60)27(17(3)52)50-29(55)21(37)10-19-12-41-14-44-19/h12-18,21-24,26-28,52-53H,5-11,37H2,1-4H3,(H2,38,54)(H,41,44)(H,42,45)(H,46,59)(H,47,60)(H,48,56)(H,49,58)(H,50,55)(H,51,57)(H,61,62)(H4,39,40,43)/t17-,18-,21+,22+,23+,24+,26+,27+,28+/m1/s1. The van der Waals surface area contributed by atoms with Crippen molar-refractivity contribution < 1.29 is 53.7 Å². The predicted octanol–water partition coefficient (Wildman–Crippen LogP) is -6.02. The molecule has 19 N–H and O–H groups in total. The number of aliphatic carboxylic acids is 1. The molecule has 2 heterocycles. The highest BCUT2D eigenvalue weighted by Crippen LogP contribution is 2.10. The summed E-state index contributed by atoms with van der Waals surface area (Å²) in [6.07, 6.45) is 1.49. The zero-order valence-corrected chi connectivity index (χ0v) is 34.8. The third-order valence-electron chi connectivity index (χ3n) is 9.19. The van der Waals surface area contributed by atoms with Crippen molar-refractivity contribution in [3.8, 4) is 0 Å². The molecular formula is C36H59N15O11. The third kappa shape index (κ3) is 17.5. The number of nitrogens with two attached hydrogens (primary N) is 4. The monoisotopic (exact) mass is 877 g/mol. The number of aliphatic hydroxyl groups excluding tert-OH is 2. The van der Waals surface area contributed by atoms with Crippen LogP contribution >= 0.6 is 0 Å². The van der Waals surface area contributed by atoms with E-state index in [0.717, 1.165) is 6.92 Å². The number of nitrogens with one attached hydrogen (secondary N) is 8. The largest absolute Gasteiger partial charge is 0.480 e. The highest BCUT2D eigenvalue weighted by Gasteiger charge is 2.36. The van der Waals surface area contributed by atoms with Crippen LogP contribution in [0.3, 0.4) is 0 Å². The Morgan fingerprint density at radius 3 is 1.60 bits per heavy atom. The van der Waals surface area contributed by atoms with Crippen molar-refractivity contribution in [1.82, 2.24) is 51.8 Å². The summed E-state index contributed by atoms with van der Waals surface area (Å²) in [6.45, 7) is 5.55. The van der Waals surface area contributed by atoms with Crippen LogP contribution in [0.4, 0.5) is 0 Å². The van der Waals surface area contributed by atoms with E-state index < -0.39 is 114 Å². The molecule has 0 radical (unpaired) electrons. The topological polar surface area (TPSA) is 443 Å². The molecule has 26 heteroatoms. The molecule has 0 aliphatic heterocycles. The molecule has 0 aromatic carbocycles. The lowest BCUT2D eigenvalue weighted by molar-refractivity contribution is -0.145. The van der Waals surface area contributed by atoms with E-state index in [-0.39, 0.29) is 44.6 Å². The minimum Gasteiger partial charge on any atom is -0.480 e. The first-order valence-electron chi connectivity index (χ1n) is 19.6. The van der Waals surface area contributed by atoms with Crippen LogP contribution in [-0.4, -0.2) is 150 Å². The van der Waals surface area contributed by atoms with Gasteiger partial charge in [-0.25, -0.2) is 14.8 Å². The van der Waals surface area contributed by atoms with Crippen molar-refractivity contribution in [1.29, 1.82) is 0 Å². The molecule has 2 rings (SSSR count). The minimum absolute atomic E-state index is 0.0104. The van der Waals surface area contributed by atoms with Gasteiger partial charge in [0.2, 0.25) is 41.4 Å². The van der Waals surface area contributed by atoms with E-state index in [1.54, 1.807) is 13.8 Å². The van der Waals surface area contributed by atoms with Crippen molar-refractivity contribution in [2.45, 2.75) is 121 Å². The number of nitrogens with zero attached hydrogens (tertiary/aromatic N) is 3. The molecule has 7 amide bonds. The van der Waals surface area contributed by atoms with Crippen LogP contribution in [0.15, 0.2) is 30.0 Å². The molecule has 2 aromatic rings. The maximum Gasteiger partial charge on any atom is 0.328 e. The highest BCUT2D eigenvalue weighted by atomic mass is 16.4. The number of aromatic amines is 2. The first-order valence-corrected chi connectivity index (χ1v) is 19.6. The van der Waals surface area contributed by atoms with Gasteiger partial charge in [-0.1, -0.05) is 13.8 Å². The number of carboxylic acid groups (broad SMARTS) is 1. The van der Waals surface area contributed by atoms with E-state index in [2.05, 4.69) is 56.8 Å². The van der Waals surface area contributed by atoms with Crippen LogP contribution < -0.4 is 54.8 Å². The number of carbonyl (C=O) groups is 8. The first kappa shape index (κ1) is 51.5. The van der Waals surface area contributed by atoms with E-state index in [0.29, 0.717) is 11.4 Å². The second kappa shape index (κ2) is 25.2. The van der Waals surface area contributed by atoms with Gasteiger partial charge >= 0.3 is 5.97 Å². The average Bonchev–Trinajstić information content (AvgIpc) is 3.91. The number of carbonyl (C=O) groups excluding carboxylic acids is 7. The summed E-state index contributed by atoms with van der Waals surface area (Å²) in [6, 6.07) is -10.3. The van der Waals surface area contributed by atoms with E-state index in [1.165, 1.54) is 32.0 Å². The Kier molecular flexibility index (Phi) is 20.9. The van der Waals surface area contributed by atoms with Gasteiger partial charge in [0.15, 0.2) is 12.0 Å². The summed E-state index contributed by atoms with van der Waals surface area (Å²) >= 11 is 0. The number of hydrogen-bond acceptors (Lipinski definition) is 14. The van der Waals surface area contributed by atoms with Gasteiger partial charge in [-0.15, -0.1) is 0 Å². The van der Waals surface area contributed by atoms with Gasteiger partial charge in [0.25, 0.3) is 0 Å². The zero-order valence-electron chi connectivity index (χ0n) is 34.8. The van der Waals surface area contributed by atoms with Gasteiger partial charge in [0, 0.05) is 49.6 Å². The molecule has 2 aromatic heterocycles. The second-order valence-corrected chi connectivity index (χ2v) is 14.8. The molecule has 0 saturated carbocycles. The average molecular weight is 878 g/mol. The van der Waals surface area contributed by atoms with Crippen LogP contribution in [0.5, 0.6) is 0 Å². The maximum absolute atomic E-state index is 14.0. The van der Waals surface area contributed by atoms with E-state index in [1.807, 2.05) is 0 Å². The summed E-state index contributed by atoms with van der Waals surface area (Å²) in [4.78, 5) is 122. The fraction of sp³-hybridized carbons (Fsp3) is 0.583. The Balaban J connectivity index is 2.35. The molecule has 0 unspecified atom stereocenters. The lowest BCUT2D eigenvalue weighted by Gasteiger charge is -2.29. The molecule has 9 atom stereocenters. The molecule has 0 aliphatic carbocycles. The SMILES string of the molecule is CC(C)[C@H](NC(=O)[C@H](Cc1cnc[nH]1)NC(=O)[C@H](CCC(N)=O)NC(=O)[C@@H](NC(=O)[C@@H](N)Cc1cnc[nH]1)[C@@H](C)O)C(=O)N[C@@H](CCCN=C(N)N)C(=O)N[C@H](C(=O)O)[C@@H](C)O. The summed E-state index contributed by atoms with van der Waals surface area (Å²) in [5, 5.41) is 44.4. The molecule has 0 bridgehead atoms. The molecule has 26 nitrogen and oxygen atoms in total. The van der Waals surface area contributed by atoms with E-state index in [9.17, 15) is 53.7 Å². The summed E-state index contributed by atoms with van der Waals surface area (Å²) in [5.41, 5.74) is 23.0. The smallest absolute Gasteiger partial charge is 0.328 e. The quantitative estimate of drug-likeness (QED) is 0.0226. The number of imidazole rings is 2. The number of aromatic nitrogens is 4. The van der Waals surface area contributed by atoms with Crippen molar-refractivity contribution in [3.05, 3.63) is 36.4 Å². The van der Waals surface area contributed by atoms with Crippen LogP contribution in [0, 0.1) is 5.92 Å². The van der Waals surface area contributed by atoms with Crippen molar-refractivity contribution in [2.24, 2.45) is 33.8 Å². The van der Waals surface area contributed by atoms with Gasteiger partial charge in [-0.3, -0.25) is 38.6 Å². The first-order chi connectivity index (χ1) is 29.1. The Hall–Kier alpha value is -6.67. The number of aliphatic imine (C=N–C) groups is 1. The Bertz CT molecular complexity index is 1830. The van der Waals surface area contributed by atoms with Gasteiger partial charge in [-0.05, 0) is 39.0 Å². The number of guanidine groups is 1. The van der Waals surface area contributed by atoms with Crippen LogP contribution in [-0.2, 0) is 51.2 Å². The van der Waals surface area contributed by atoms with Gasteiger partial charge in [0.05, 0.1) is 30.9 Å². The molecule has 0 saturated heterocycles. The number of rotatable bonds is 27. The molecular weight excluding hydrogens is 818 g/mol. The van der Waals surface area contributed by atoms with Crippen LogP contribution in [0.25, 0.3) is 0 Å². The van der Waals surface area contributed by atoms with Crippen molar-refractivity contribution in [3.63, 3.8) is 0 Å². The fourth-order valence-electron chi connectivity index (χ4n) is 5.77. The highest BCUT2D eigenvalue weighted by molar-refractivity contribution is 5.97. The fourth-order valence-corrected chi connectivity index (χ4v) is 5.77. The summed E-state index contributed by atoms with van der Waals surface area (Å²) < 4.78 is 0. The number of hydrogen-bond donors (Lipinski definition) is 15. The van der Waals surface area contributed by atoms with Gasteiger partial charge in [0.1, 0.15) is 30.2 Å². The third-order valence-corrected chi connectivity index (χ3v) is 9.19. The lowest BCUT2D eigenvalue weighted by atomic mass is 10.0. The molecule has 0 spiro atoms. The molecule has 0 aliphatic rings. The van der Waals surface area contributed by atoms with E-state index >= 15 is 0 Å². The Labute approximate surface area is 356 Å².